The molecule has 0 bridgehead atoms. The van der Waals surface area contributed by atoms with Gasteiger partial charge in [-0.15, -0.1) is 11.3 Å². The number of hydrogen-bond acceptors (Lipinski definition) is 7. The van der Waals surface area contributed by atoms with Crippen LogP contribution in [0.5, 0.6) is 0 Å². The number of alkyl halides is 3. The van der Waals surface area contributed by atoms with Crippen LogP contribution in [0.2, 0.25) is 0 Å². The topological polar surface area (TPSA) is 96.9 Å². The summed E-state index contributed by atoms with van der Waals surface area (Å²) in [6.07, 6.45) is -4.10. The molecule has 2 aromatic carbocycles. The largest absolute Gasteiger partial charge is 0.390 e. The highest BCUT2D eigenvalue weighted by atomic mass is 32.2. The van der Waals surface area contributed by atoms with Crippen molar-refractivity contribution < 1.29 is 34.8 Å². The Morgan fingerprint density at radius 1 is 0.975 bits per heavy atom. The number of sulfonamides is 1. The maximum absolute atomic E-state index is 14.7. The van der Waals surface area contributed by atoms with E-state index in [1.54, 1.807) is 0 Å². The molecule has 7 nitrogen and oxygen atoms in total. The summed E-state index contributed by atoms with van der Waals surface area (Å²) in [6.45, 7) is 3.32. The molecule has 2 heterocycles. The number of rotatable bonds is 9. The highest BCUT2D eigenvalue weighted by Gasteiger charge is 2.27. The molecule has 0 amide bonds. The molecule has 0 saturated carbocycles. The van der Waals surface area contributed by atoms with E-state index in [1.165, 1.54) is 29.7 Å². The van der Waals surface area contributed by atoms with Crippen LogP contribution in [0, 0.1) is 17.5 Å². The SMILES string of the molecule is CC(C)c1nc(-c2ccc(F)c(NS(=O)(=O)c3c(F)cccc3F)c2)c(-c2ccnc(NCCC(F)(F)F)n2)s1. The maximum atomic E-state index is 14.7. The smallest absolute Gasteiger partial charge is 0.354 e. The predicted molar refractivity (Wildman–Crippen MR) is 139 cm³/mol. The lowest BCUT2D eigenvalue weighted by Gasteiger charge is -2.12. The van der Waals surface area contributed by atoms with Gasteiger partial charge in [-0.05, 0) is 36.4 Å². The number of nitrogens with one attached hydrogen (secondary N) is 2. The lowest BCUT2D eigenvalue weighted by atomic mass is 10.1. The molecule has 0 atom stereocenters. The van der Waals surface area contributed by atoms with Crippen LogP contribution in [0.3, 0.4) is 0 Å². The first-order valence-electron chi connectivity index (χ1n) is 11.7. The van der Waals surface area contributed by atoms with Crippen LogP contribution < -0.4 is 10.0 Å². The zero-order valence-electron chi connectivity index (χ0n) is 20.9. The van der Waals surface area contributed by atoms with Crippen molar-refractivity contribution in [3.8, 4) is 21.8 Å². The fourth-order valence-corrected chi connectivity index (χ4v) is 5.78. The minimum absolute atomic E-state index is 0.0494. The second kappa shape index (κ2) is 11.4. The molecule has 0 aliphatic carbocycles. The van der Waals surface area contributed by atoms with Gasteiger partial charge in [0.25, 0.3) is 10.0 Å². The Bertz CT molecular complexity index is 1620. The Morgan fingerprint density at radius 3 is 2.33 bits per heavy atom. The Kier molecular flexibility index (Phi) is 8.35. The summed E-state index contributed by atoms with van der Waals surface area (Å²) in [5.41, 5.74) is 0.258. The number of halogens is 6. The van der Waals surface area contributed by atoms with Crippen molar-refractivity contribution in [1.82, 2.24) is 15.0 Å². The van der Waals surface area contributed by atoms with Crippen LogP contribution in [0.25, 0.3) is 21.8 Å². The molecule has 0 aliphatic rings. The quantitative estimate of drug-likeness (QED) is 0.201. The first-order chi connectivity index (χ1) is 18.7. The Morgan fingerprint density at radius 2 is 1.68 bits per heavy atom. The van der Waals surface area contributed by atoms with Crippen LogP contribution in [0.1, 0.15) is 31.2 Å². The van der Waals surface area contributed by atoms with Crippen LogP contribution >= 0.6 is 11.3 Å². The zero-order chi connectivity index (χ0) is 29.2. The molecule has 40 heavy (non-hydrogen) atoms. The van der Waals surface area contributed by atoms with E-state index in [-0.39, 0.29) is 23.1 Å². The van der Waals surface area contributed by atoms with Gasteiger partial charge < -0.3 is 5.32 Å². The average molecular weight is 602 g/mol. The molecule has 0 radical (unpaired) electrons. The standard InChI is InChI=1S/C25H21F6N5O2S2/c1-13(2)23-35-20(21(39-23)18-8-10-32-24(34-18)33-11-9-25(29,30)31)14-6-7-15(26)19(12-14)36-40(37,38)22-16(27)4-3-5-17(22)28/h3-8,10,12-13,36H,9,11H2,1-2H3,(H,32,33,34). The Balaban J connectivity index is 1.73. The van der Waals surface area contributed by atoms with Crippen molar-refractivity contribution >= 4 is 33.0 Å². The molecule has 0 aliphatic heterocycles. The van der Waals surface area contributed by atoms with E-state index in [4.69, 9.17) is 0 Å². The Labute approximate surface area is 229 Å². The first-order valence-corrected chi connectivity index (χ1v) is 14.0. The lowest BCUT2D eigenvalue weighted by molar-refractivity contribution is -0.131. The van der Waals surface area contributed by atoms with Crippen molar-refractivity contribution in [3.63, 3.8) is 0 Å². The molecule has 4 rings (SSSR count). The van der Waals surface area contributed by atoms with Gasteiger partial charge in [0.2, 0.25) is 5.95 Å². The molecule has 0 spiro atoms. The number of hydrogen-bond donors (Lipinski definition) is 2. The van der Waals surface area contributed by atoms with Crippen molar-refractivity contribution in [2.45, 2.75) is 37.3 Å². The van der Waals surface area contributed by atoms with Crippen molar-refractivity contribution in [1.29, 1.82) is 0 Å². The fraction of sp³-hybridized carbons (Fsp3) is 0.240. The van der Waals surface area contributed by atoms with Gasteiger partial charge >= 0.3 is 6.18 Å². The van der Waals surface area contributed by atoms with E-state index < -0.39 is 57.2 Å². The number of benzene rings is 2. The molecule has 212 valence electrons. The Hall–Kier alpha value is -3.72. The van der Waals surface area contributed by atoms with Gasteiger partial charge in [0.05, 0.1) is 33.4 Å². The first kappa shape index (κ1) is 29.3. The summed E-state index contributed by atoms with van der Waals surface area (Å²) in [4.78, 5) is 12.0. The molecular formula is C25H21F6N5O2S2. The second-order valence-electron chi connectivity index (χ2n) is 8.79. The monoisotopic (exact) mass is 601 g/mol. The maximum Gasteiger partial charge on any atom is 0.390 e. The lowest BCUT2D eigenvalue weighted by Crippen LogP contribution is -2.17. The fourth-order valence-electron chi connectivity index (χ4n) is 3.53. The van der Waals surface area contributed by atoms with E-state index in [2.05, 4.69) is 20.3 Å². The summed E-state index contributed by atoms with van der Waals surface area (Å²) in [7, 11) is -4.86. The molecule has 4 aromatic rings. The van der Waals surface area contributed by atoms with E-state index in [0.717, 1.165) is 30.3 Å². The van der Waals surface area contributed by atoms with Gasteiger partial charge in [0.15, 0.2) is 4.90 Å². The zero-order valence-corrected chi connectivity index (χ0v) is 22.5. The summed E-state index contributed by atoms with van der Waals surface area (Å²) in [6, 6.07) is 7.45. The van der Waals surface area contributed by atoms with E-state index in [9.17, 15) is 34.8 Å². The molecular weight excluding hydrogens is 580 g/mol. The van der Waals surface area contributed by atoms with Crippen molar-refractivity contribution in [3.05, 3.63) is 71.1 Å². The van der Waals surface area contributed by atoms with Crippen LogP contribution in [-0.4, -0.2) is 36.1 Å². The van der Waals surface area contributed by atoms with Crippen LogP contribution in [0.15, 0.2) is 53.6 Å². The van der Waals surface area contributed by atoms with Gasteiger partial charge in [-0.3, -0.25) is 4.72 Å². The molecule has 15 heteroatoms. The molecule has 0 unspecified atom stereocenters. The highest BCUT2D eigenvalue weighted by Crippen LogP contribution is 2.40. The van der Waals surface area contributed by atoms with Gasteiger partial charge in [-0.2, -0.15) is 13.2 Å². The van der Waals surface area contributed by atoms with Crippen molar-refractivity contribution in [2.75, 3.05) is 16.6 Å². The summed E-state index contributed by atoms with van der Waals surface area (Å²) in [5, 5.41) is 3.17. The van der Waals surface area contributed by atoms with Gasteiger partial charge in [0, 0.05) is 24.2 Å². The molecule has 0 fully saturated rings. The van der Waals surface area contributed by atoms with Gasteiger partial charge in [-0.1, -0.05) is 19.9 Å². The molecule has 0 saturated heterocycles. The number of nitrogens with zero attached hydrogens (tertiary/aromatic N) is 3. The summed E-state index contributed by atoms with van der Waals surface area (Å²) in [5.74, 6) is -3.81. The van der Waals surface area contributed by atoms with E-state index >= 15 is 0 Å². The minimum Gasteiger partial charge on any atom is -0.354 e. The second-order valence-corrected chi connectivity index (χ2v) is 11.4. The van der Waals surface area contributed by atoms with Crippen LogP contribution in [-0.2, 0) is 10.0 Å². The number of anilines is 2. The third-order valence-electron chi connectivity index (χ3n) is 5.39. The number of aromatic nitrogens is 3. The minimum atomic E-state index is -4.86. The van der Waals surface area contributed by atoms with Gasteiger partial charge in [0.1, 0.15) is 17.5 Å². The average Bonchev–Trinajstić information content (AvgIpc) is 3.30. The summed E-state index contributed by atoms with van der Waals surface area (Å²) >= 11 is 1.24. The van der Waals surface area contributed by atoms with Gasteiger partial charge in [-0.25, -0.2) is 36.5 Å². The van der Waals surface area contributed by atoms with E-state index in [0.29, 0.717) is 15.6 Å². The number of thiazole rings is 1. The normalized spacial score (nSPS) is 12.1. The third kappa shape index (κ3) is 6.70. The highest BCUT2D eigenvalue weighted by molar-refractivity contribution is 7.92. The summed E-state index contributed by atoms with van der Waals surface area (Å²) < 4.78 is 108. The predicted octanol–water partition coefficient (Wildman–Crippen LogP) is 6.97. The van der Waals surface area contributed by atoms with E-state index in [1.807, 2.05) is 18.6 Å². The van der Waals surface area contributed by atoms with Crippen molar-refractivity contribution in [2.24, 2.45) is 0 Å². The molecule has 2 aromatic heterocycles. The molecule has 2 N–H and O–H groups in total. The van der Waals surface area contributed by atoms with Crippen LogP contribution in [0.4, 0.5) is 38.0 Å². The third-order valence-corrected chi connectivity index (χ3v) is 8.18.